The summed E-state index contributed by atoms with van der Waals surface area (Å²) in [6, 6.07) is 3.64. The molecule has 5 heteroatoms. The Morgan fingerprint density at radius 3 is 2.71 bits per heavy atom. The molecular weight excluding hydrogens is 182 g/mol. The van der Waals surface area contributed by atoms with E-state index >= 15 is 0 Å². The maximum atomic E-state index is 9.83. The lowest BCUT2D eigenvalue weighted by Gasteiger charge is -1.87. The van der Waals surface area contributed by atoms with Crippen LogP contribution in [-0.2, 0) is 9.53 Å². The van der Waals surface area contributed by atoms with Crippen LogP contribution < -0.4 is 5.73 Å². The molecule has 0 radical (unpaired) electrons. The highest BCUT2D eigenvalue weighted by atomic mass is 16.5. The predicted molar refractivity (Wildman–Crippen MR) is 53.2 cm³/mol. The summed E-state index contributed by atoms with van der Waals surface area (Å²) >= 11 is 0. The van der Waals surface area contributed by atoms with Gasteiger partial charge in [0.1, 0.15) is 0 Å². The Morgan fingerprint density at radius 2 is 2.50 bits per heavy atom. The molecule has 0 aromatic carbocycles. The first kappa shape index (κ1) is 12.2. The van der Waals surface area contributed by atoms with Gasteiger partial charge >= 0.3 is 5.97 Å². The van der Waals surface area contributed by atoms with Crippen LogP contribution >= 0.6 is 0 Å². The van der Waals surface area contributed by atoms with Crippen LogP contribution in [0.3, 0.4) is 0 Å². The van der Waals surface area contributed by atoms with Crippen LogP contribution in [0.25, 0.3) is 0 Å². The lowest BCUT2D eigenvalue weighted by atomic mass is 10.3. The number of pyridine rings is 1. The Kier molecular flexibility index (Phi) is 6.89. The number of nitrogens with two attached hydrogens (primary N) is 1. The Morgan fingerprint density at radius 1 is 1.79 bits per heavy atom. The zero-order chi connectivity index (χ0) is 10.8. The number of rotatable bonds is 2. The first-order valence-electron chi connectivity index (χ1n) is 3.92. The van der Waals surface area contributed by atoms with Gasteiger partial charge in [-0.15, -0.1) is 0 Å². The monoisotopic (exact) mass is 195 g/mol. The Labute approximate surface area is 82.4 Å². The number of aromatic nitrogens is 1. The average Bonchev–Trinajstić information content (AvgIpc) is 2.30. The fraction of sp³-hybridized carbons (Fsp3) is 0.222. The minimum absolute atomic E-state index is 0.0312. The largest absolute Gasteiger partial charge is 0.468 e. The van der Waals surface area contributed by atoms with Crippen molar-refractivity contribution in [3.8, 4) is 0 Å². The van der Waals surface area contributed by atoms with Crippen LogP contribution in [-0.4, -0.2) is 30.8 Å². The summed E-state index contributed by atoms with van der Waals surface area (Å²) < 4.78 is 4.14. The van der Waals surface area contributed by atoms with E-state index in [4.69, 9.17) is 11.1 Å². The van der Waals surface area contributed by atoms with Gasteiger partial charge < -0.3 is 15.9 Å². The third kappa shape index (κ3) is 5.84. The number of hydrogen-bond acceptors (Lipinski definition) is 5. The van der Waals surface area contributed by atoms with Crippen molar-refractivity contribution in [2.75, 3.05) is 13.7 Å². The molecule has 0 spiro atoms. The standard InChI is InChI=1S/C6H6N2.C3H7NO2/c7-4-6-2-1-3-8-5-6;1-6-3(5)2-4/h1-5,7H;2,4H2,1H3. The van der Waals surface area contributed by atoms with Crippen LogP contribution in [0.1, 0.15) is 5.56 Å². The molecule has 1 aromatic rings. The highest BCUT2D eigenvalue weighted by Crippen LogP contribution is 1.87. The number of hydrogen-bond donors (Lipinski definition) is 2. The van der Waals surface area contributed by atoms with Crippen LogP contribution in [0.5, 0.6) is 0 Å². The summed E-state index contributed by atoms with van der Waals surface area (Å²) in [6.45, 7) is -0.0312. The zero-order valence-corrected chi connectivity index (χ0v) is 7.93. The Bertz CT molecular complexity index is 269. The number of ether oxygens (including phenoxy) is 1. The normalized spacial score (nSPS) is 8.14. The summed E-state index contributed by atoms with van der Waals surface area (Å²) in [5, 5.41) is 6.78. The molecule has 1 rings (SSSR count). The summed E-state index contributed by atoms with van der Waals surface area (Å²) in [4.78, 5) is 13.6. The van der Waals surface area contributed by atoms with Crippen molar-refractivity contribution >= 4 is 12.2 Å². The second-order valence-corrected chi connectivity index (χ2v) is 2.21. The molecule has 1 aromatic heterocycles. The second kappa shape index (κ2) is 7.88. The average molecular weight is 195 g/mol. The fourth-order valence-corrected chi connectivity index (χ4v) is 0.545. The van der Waals surface area contributed by atoms with Gasteiger partial charge in [0.25, 0.3) is 0 Å². The first-order valence-corrected chi connectivity index (χ1v) is 3.92. The van der Waals surface area contributed by atoms with Gasteiger partial charge in [-0.3, -0.25) is 9.78 Å². The van der Waals surface area contributed by atoms with E-state index in [2.05, 4.69) is 9.72 Å². The molecular formula is C9H13N3O2. The van der Waals surface area contributed by atoms with Crippen LogP contribution in [0.4, 0.5) is 0 Å². The van der Waals surface area contributed by atoms with Crippen molar-refractivity contribution in [1.29, 1.82) is 5.41 Å². The molecule has 3 N–H and O–H groups in total. The van der Waals surface area contributed by atoms with Gasteiger partial charge in [0.15, 0.2) is 0 Å². The third-order valence-corrected chi connectivity index (χ3v) is 1.25. The number of nitrogens with zero attached hydrogens (tertiary/aromatic N) is 1. The molecule has 1 heterocycles. The van der Waals surface area contributed by atoms with Gasteiger partial charge in [0, 0.05) is 24.2 Å². The Hall–Kier alpha value is -1.75. The van der Waals surface area contributed by atoms with Crippen LogP contribution in [0.2, 0.25) is 0 Å². The molecule has 76 valence electrons. The lowest BCUT2D eigenvalue weighted by molar-refractivity contribution is -0.138. The van der Waals surface area contributed by atoms with E-state index in [-0.39, 0.29) is 12.5 Å². The van der Waals surface area contributed by atoms with E-state index in [1.807, 2.05) is 6.07 Å². The molecule has 0 aliphatic carbocycles. The van der Waals surface area contributed by atoms with Gasteiger partial charge in [0.05, 0.1) is 13.7 Å². The molecule has 0 aliphatic heterocycles. The molecule has 0 amide bonds. The van der Waals surface area contributed by atoms with E-state index in [9.17, 15) is 4.79 Å². The maximum Gasteiger partial charge on any atom is 0.319 e. The minimum atomic E-state index is -0.380. The molecule has 0 fully saturated rings. The van der Waals surface area contributed by atoms with E-state index in [1.165, 1.54) is 13.3 Å². The van der Waals surface area contributed by atoms with Crippen molar-refractivity contribution in [2.45, 2.75) is 0 Å². The van der Waals surface area contributed by atoms with E-state index in [0.29, 0.717) is 0 Å². The summed E-state index contributed by atoms with van der Waals surface area (Å²) in [6.07, 6.45) is 4.60. The number of carbonyl (C=O) groups excluding carboxylic acids is 1. The number of esters is 1. The summed E-state index contributed by atoms with van der Waals surface area (Å²) in [7, 11) is 1.30. The van der Waals surface area contributed by atoms with Crippen molar-refractivity contribution in [3.63, 3.8) is 0 Å². The van der Waals surface area contributed by atoms with Crippen molar-refractivity contribution in [1.82, 2.24) is 4.98 Å². The minimum Gasteiger partial charge on any atom is -0.468 e. The molecule has 0 saturated heterocycles. The molecule has 0 saturated carbocycles. The number of methoxy groups -OCH3 is 1. The topological polar surface area (TPSA) is 89.1 Å². The zero-order valence-electron chi connectivity index (χ0n) is 7.93. The number of carbonyl (C=O) groups is 1. The maximum absolute atomic E-state index is 9.83. The fourth-order valence-electron chi connectivity index (χ4n) is 0.545. The van der Waals surface area contributed by atoms with Crippen LogP contribution in [0, 0.1) is 5.41 Å². The van der Waals surface area contributed by atoms with Crippen LogP contribution in [0.15, 0.2) is 24.5 Å². The van der Waals surface area contributed by atoms with Crippen molar-refractivity contribution < 1.29 is 9.53 Å². The van der Waals surface area contributed by atoms with Crippen molar-refractivity contribution in [2.24, 2.45) is 5.73 Å². The Balaban J connectivity index is 0.000000255. The first-order chi connectivity index (χ1) is 6.74. The lowest BCUT2D eigenvalue weighted by Crippen LogP contribution is -2.14. The third-order valence-electron chi connectivity index (χ3n) is 1.25. The predicted octanol–water partition coefficient (Wildman–Crippen LogP) is 0.197. The SMILES string of the molecule is COC(=O)CN.N=Cc1cccnc1. The second-order valence-electron chi connectivity index (χ2n) is 2.21. The highest BCUT2D eigenvalue weighted by molar-refractivity contribution is 5.75. The summed E-state index contributed by atoms with van der Waals surface area (Å²) in [5.41, 5.74) is 5.65. The molecule has 0 aliphatic rings. The van der Waals surface area contributed by atoms with E-state index in [1.54, 1.807) is 18.5 Å². The molecule has 5 nitrogen and oxygen atoms in total. The van der Waals surface area contributed by atoms with Crippen molar-refractivity contribution in [3.05, 3.63) is 30.1 Å². The smallest absolute Gasteiger partial charge is 0.319 e. The van der Waals surface area contributed by atoms with Gasteiger partial charge in [-0.25, -0.2) is 0 Å². The molecule has 0 bridgehead atoms. The summed E-state index contributed by atoms with van der Waals surface area (Å²) in [5.74, 6) is -0.380. The van der Waals surface area contributed by atoms with Gasteiger partial charge in [0.2, 0.25) is 0 Å². The van der Waals surface area contributed by atoms with E-state index in [0.717, 1.165) is 5.56 Å². The van der Waals surface area contributed by atoms with Gasteiger partial charge in [-0.1, -0.05) is 6.07 Å². The van der Waals surface area contributed by atoms with Gasteiger partial charge in [-0.05, 0) is 6.07 Å². The highest BCUT2D eigenvalue weighted by Gasteiger charge is 1.87. The quantitative estimate of drug-likeness (QED) is 0.521. The van der Waals surface area contributed by atoms with Gasteiger partial charge in [-0.2, -0.15) is 0 Å². The molecule has 14 heavy (non-hydrogen) atoms. The molecule has 0 unspecified atom stereocenters. The van der Waals surface area contributed by atoms with E-state index < -0.39 is 0 Å². The number of nitrogens with one attached hydrogen (secondary N) is 1. The molecule has 0 atom stereocenters.